The summed E-state index contributed by atoms with van der Waals surface area (Å²) in [7, 11) is 0. The average Bonchev–Trinajstić information content (AvgIpc) is 2.69. The van der Waals surface area contributed by atoms with Crippen molar-refractivity contribution >= 4 is 0 Å². The maximum Gasteiger partial charge on any atom is 0.0858 e. The summed E-state index contributed by atoms with van der Waals surface area (Å²) in [5.41, 5.74) is 2.86. The van der Waals surface area contributed by atoms with E-state index in [1.165, 1.54) is 0 Å². The van der Waals surface area contributed by atoms with Gasteiger partial charge in [0, 0.05) is 29.5 Å². The third-order valence-corrected chi connectivity index (χ3v) is 3.00. The lowest BCUT2D eigenvalue weighted by Crippen LogP contribution is -2.14. The van der Waals surface area contributed by atoms with E-state index in [2.05, 4.69) is 4.98 Å². The Bertz CT molecular complexity index is 345. The van der Waals surface area contributed by atoms with Crippen LogP contribution in [0.3, 0.4) is 0 Å². The van der Waals surface area contributed by atoms with Gasteiger partial charge in [-0.05, 0) is 26.3 Å². The highest BCUT2D eigenvalue weighted by Crippen LogP contribution is 2.29. The SMILES string of the molecule is Cc1ccc(C(O)C2CCOC2)c(C)n1. The number of hydrogen-bond acceptors (Lipinski definition) is 3. The van der Waals surface area contributed by atoms with E-state index in [0.29, 0.717) is 6.61 Å². The average molecular weight is 207 g/mol. The summed E-state index contributed by atoms with van der Waals surface area (Å²) in [4.78, 5) is 4.37. The number of pyridine rings is 1. The Balaban J connectivity index is 2.20. The fourth-order valence-electron chi connectivity index (χ4n) is 2.07. The smallest absolute Gasteiger partial charge is 0.0858 e. The summed E-state index contributed by atoms with van der Waals surface area (Å²) in [6.45, 7) is 5.33. The Morgan fingerprint density at radius 1 is 1.47 bits per heavy atom. The molecular formula is C12H17NO2. The standard InChI is InChI=1S/C12H17NO2/c1-8-3-4-11(9(2)13-8)12(14)10-5-6-15-7-10/h3-4,10,12,14H,5-7H2,1-2H3. The van der Waals surface area contributed by atoms with Crippen molar-refractivity contribution in [2.24, 2.45) is 5.92 Å². The van der Waals surface area contributed by atoms with Gasteiger partial charge in [0.1, 0.15) is 0 Å². The van der Waals surface area contributed by atoms with E-state index in [9.17, 15) is 5.11 Å². The van der Waals surface area contributed by atoms with Crippen LogP contribution >= 0.6 is 0 Å². The summed E-state index contributed by atoms with van der Waals surface area (Å²) in [6.07, 6.45) is 0.509. The van der Waals surface area contributed by atoms with Gasteiger partial charge in [0.25, 0.3) is 0 Å². The van der Waals surface area contributed by atoms with Gasteiger partial charge in [-0.15, -0.1) is 0 Å². The molecule has 3 nitrogen and oxygen atoms in total. The molecule has 15 heavy (non-hydrogen) atoms. The normalized spacial score (nSPS) is 23.0. The number of hydrogen-bond donors (Lipinski definition) is 1. The largest absolute Gasteiger partial charge is 0.388 e. The van der Waals surface area contributed by atoms with Gasteiger partial charge in [0.15, 0.2) is 0 Å². The predicted octanol–water partition coefficient (Wildman–Crippen LogP) is 1.77. The van der Waals surface area contributed by atoms with E-state index in [-0.39, 0.29) is 5.92 Å². The van der Waals surface area contributed by atoms with Crippen LogP contribution in [0.1, 0.15) is 29.5 Å². The molecule has 1 aromatic rings. The van der Waals surface area contributed by atoms with Gasteiger partial charge >= 0.3 is 0 Å². The van der Waals surface area contributed by atoms with Crippen molar-refractivity contribution in [2.45, 2.75) is 26.4 Å². The highest BCUT2D eigenvalue weighted by molar-refractivity contribution is 5.24. The van der Waals surface area contributed by atoms with Crippen LogP contribution in [-0.2, 0) is 4.74 Å². The molecule has 2 heterocycles. The molecule has 3 heteroatoms. The first-order valence-corrected chi connectivity index (χ1v) is 5.38. The number of aryl methyl sites for hydroxylation is 2. The summed E-state index contributed by atoms with van der Waals surface area (Å²) >= 11 is 0. The zero-order valence-corrected chi connectivity index (χ0v) is 9.23. The van der Waals surface area contributed by atoms with Crippen LogP contribution < -0.4 is 0 Å². The van der Waals surface area contributed by atoms with Gasteiger partial charge in [0.05, 0.1) is 12.7 Å². The van der Waals surface area contributed by atoms with Crippen molar-refractivity contribution in [2.75, 3.05) is 13.2 Å². The lowest BCUT2D eigenvalue weighted by Gasteiger charge is -2.18. The van der Waals surface area contributed by atoms with Crippen LogP contribution in [0.15, 0.2) is 12.1 Å². The van der Waals surface area contributed by atoms with Crippen molar-refractivity contribution in [3.8, 4) is 0 Å². The predicted molar refractivity (Wildman–Crippen MR) is 57.6 cm³/mol. The molecule has 1 fully saturated rings. The Kier molecular flexibility index (Phi) is 3.03. The van der Waals surface area contributed by atoms with Gasteiger partial charge in [-0.25, -0.2) is 0 Å². The molecule has 2 rings (SSSR count). The molecule has 1 aliphatic heterocycles. The molecular weight excluding hydrogens is 190 g/mol. The minimum absolute atomic E-state index is 0.230. The third kappa shape index (κ3) is 2.19. The monoisotopic (exact) mass is 207 g/mol. The number of aliphatic hydroxyl groups is 1. The molecule has 2 atom stereocenters. The van der Waals surface area contributed by atoms with Crippen molar-refractivity contribution < 1.29 is 9.84 Å². The molecule has 1 saturated heterocycles. The van der Waals surface area contributed by atoms with Crippen LogP contribution in [0, 0.1) is 19.8 Å². The Labute approximate surface area is 90.1 Å². The second kappa shape index (κ2) is 4.29. The Morgan fingerprint density at radius 3 is 2.87 bits per heavy atom. The molecule has 0 radical (unpaired) electrons. The van der Waals surface area contributed by atoms with Crippen molar-refractivity contribution in [1.82, 2.24) is 4.98 Å². The van der Waals surface area contributed by atoms with Crippen molar-refractivity contribution in [3.63, 3.8) is 0 Å². The molecule has 1 N–H and O–H groups in total. The molecule has 82 valence electrons. The highest BCUT2D eigenvalue weighted by Gasteiger charge is 2.26. The second-order valence-corrected chi connectivity index (χ2v) is 4.20. The quantitative estimate of drug-likeness (QED) is 0.803. The van der Waals surface area contributed by atoms with E-state index >= 15 is 0 Å². The topological polar surface area (TPSA) is 42.4 Å². The minimum atomic E-state index is -0.430. The van der Waals surface area contributed by atoms with Gasteiger partial charge < -0.3 is 9.84 Å². The zero-order chi connectivity index (χ0) is 10.8. The fraction of sp³-hybridized carbons (Fsp3) is 0.583. The minimum Gasteiger partial charge on any atom is -0.388 e. The first-order chi connectivity index (χ1) is 7.18. The second-order valence-electron chi connectivity index (χ2n) is 4.20. The summed E-state index contributed by atoms with van der Waals surface area (Å²) < 4.78 is 5.28. The number of aliphatic hydroxyl groups excluding tert-OH is 1. The maximum absolute atomic E-state index is 10.2. The molecule has 1 aromatic heterocycles. The van der Waals surface area contributed by atoms with E-state index < -0.39 is 6.10 Å². The first-order valence-electron chi connectivity index (χ1n) is 5.38. The van der Waals surface area contributed by atoms with Crippen LogP contribution in [0.25, 0.3) is 0 Å². The third-order valence-electron chi connectivity index (χ3n) is 3.00. The number of rotatable bonds is 2. The molecule has 1 aliphatic rings. The molecule has 2 unspecified atom stereocenters. The molecule has 0 bridgehead atoms. The fourth-order valence-corrected chi connectivity index (χ4v) is 2.07. The van der Waals surface area contributed by atoms with Crippen LogP contribution in [0.4, 0.5) is 0 Å². The van der Waals surface area contributed by atoms with Crippen LogP contribution in [0.2, 0.25) is 0 Å². The van der Waals surface area contributed by atoms with Crippen LogP contribution in [0.5, 0.6) is 0 Å². The van der Waals surface area contributed by atoms with E-state index in [4.69, 9.17) is 4.74 Å². The van der Waals surface area contributed by atoms with E-state index in [0.717, 1.165) is 30.0 Å². The van der Waals surface area contributed by atoms with Gasteiger partial charge in [0.2, 0.25) is 0 Å². The van der Waals surface area contributed by atoms with E-state index in [1.54, 1.807) is 0 Å². The molecule has 0 amide bonds. The summed E-state index contributed by atoms with van der Waals surface area (Å²) in [6, 6.07) is 3.92. The molecule has 0 spiro atoms. The van der Waals surface area contributed by atoms with Crippen LogP contribution in [-0.4, -0.2) is 23.3 Å². The van der Waals surface area contributed by atoms with Gasteiger partial charge in [-0.3, -0.25) is 4.98 Å². The van der Waals surface area contributed by atoms with Crippen molar-refractivity contribution in [3.05, 3.63) is 29.1 Å². The summed E-state index contributed by atoms with van der Waals surface area (Å²) in [5, 5.41) is 10.2. The molecule has 0 saturated carbocycles. The lowest BCUT2D eigenvalue weighted by molar-refractivity contribution is 0.0910. The Hall–Kier alpha value is -0.930. The number of aromatic nitrogens is 1. The highest BCUT2D eigenvalue weighted by atomic mass is 16.5. The molecule has 0 aromatic carbocycles. The zero-order valence-electron chi connectivity index (χ0n) is 9.23. The lowest BCUT2D eigenvalue weighted by atomic mass is 9.94. The van der Waals surface area contributed by atoms with E-state index in [1.807, 2.05) is 26.0 Å². The first kappa shape index (κ1) is 10.6. The Morgan fingerprint density at radius 2 is 2.27 bits per heavy atom. The maximum atomic E-state index is 10.2. The number of nitrogens with zero attached hydrogens (tertiary/aromatic N) is 1. The number of ether oxygens (including phenoxy) is 1. The molecule has 0 aliphatic carbocycles. The van der Waals surface area contributed by atoms with Gasteiger partial charge in [-0.1, -0.05) is 6.07 Å². The van der Waals surface area contributed by atoms with Crippen molar-refractivity contribution in [1.29, 1.82) is 0 Å². The van der Waals surface area contributed by atoms with Gasteiger partial charge in [-0.2, -0.15) is 0 Å². The summed E-state index contributed by atoms with van der Waals surface area (Å²) in [5.74, 6) is 0.230.